The maximum Gasteiger partial charge on any atom is 0.253 e. The van der Waals surface area contributed by atoms with Gasteiger partial charge in [-0.15, -0.1) is 12.4 Å². The lowest BCUT2D eigenvalue weighted by atomic mass is 10.1. The second kappa shape index (κ2) is 6.93. The molecule has 2 N–H and O–H groups in total. The van der Waals surface area contributed by atoms with Gasteiger partial charge in [0.2, 0.25) is 0 Å². The van der Waals surface area contributed by atoms with Gasteiger partial charge in [-0.3, -0.25) is 4.79 Å². The van der Waals surface area contributed by atoms with Crippen molar-refractivity contribution in [2.45, 2.75) is 13.0 Å². The van der Waals surface area contributed by atoms with Gasteiger partial charge in [0, 0.05) is 25.2 Å². The van der Waals surface area contributed by atoms with Crippen molar-refractivity contribution in [1.29, 1.82) is 0 Å². The third-order valence-electron chi connectivity index (χ3n) is 2.49. The summed E-state index contributed by atoms with van der Waals surface area (Å²) in [5.41, 5.74) is 5.92. The molecule has 0 saturated carbocycles. The quantitative estimate of drug-likeness (QED) is 0.928. The van der Waals surface area contributed by atoms with Gasteiger partial charge in [-0.1, -0.05) is 0 Å². The van der Waals surface area contributed by atoms with Gasteiger partial charge in [-0.2, -0.15) is 0 Å². The number of nitrogens with zero attached hydrogens (tertiary/aromatic N) is 1. The lowest BCUT2D eigenvalue weighted by Gasteiger charge is -2.23. The molecule has 1 atom stereocenters. The van der Waals surface area contributed by atoms with Crippen LogP contribution in [0.3, 0.4) is 0 Å². The zero-order valence-corrected chi connectivity index (χ0v) is 12.0. The van der Waals surface area contributed by atoms with Crippen molar-refractivity contribution in [3.8, 4) is 0 Å². The fourth-order valence-corrected chi connectivity index (χ4v) is 1.57. The molecule has 0 aliphatic heterocycles. The Bertz CT molecular complexity index is 403. The Kier molecular flexibility index (Phi) is 6.67. The predicted molar refractivity (Wildman–Crippen MR) is 72.0 cm³/mol. The molecule has 0 aliphatic rings. The van der Waals surface area contributed by atoms with Gasteiger partial charge in [-0.05, 0) is 41.1 Å². The normalized spacial score (nSPS) is 11.6. The van der Waals surface area contributed by atoms with Crippen LogP contribution in [0.1, 0.15) is 17.3 Å². The van der Waals surface area contributed by atoms with E-state index >= 15 is 0 Å². The summed E-state index contributed by atoms with van der Waals surface area (Å²) in [6, 6.07) is 4.15. The summed E-state index contributed by atoms with van der Waals surface area (Å²) in [7, 11) is 1.68. The van der Waals surface area contributed by atoms with Crippen LogP contribution < -0.4 is 5.73 Å². The van der Waals surface area contributed by atoms with Crippen molar-refractivity contribution >= 4 is 34.2 Å². The van der Waals surface area contributed by atoms with E-state index in [0.29, 0.717) is 12.1 Å². The Labute approximate surface area is 115 Å². The average Bonchev–Trinajstić information content (AvgIpc) is 2.29. The molecule has 0 fully saturated rings. The van der Waals surface area contributed by atoms with Crippen LogP contribution in [0.25, 0.3) is 0 Å². The maximum atomic E-state index is 13.0. The summed E-state index contributed by atoms with van der Waals surface area (Å²) in [5, 5.41) is 0. The monoisotopic (exact) mass is 324 g/mol. The highest BCUT2D eigenvalue weighted by Crippen LogP contribution is 2.18. The van der Waals surface area contributed by atoms with E-state index in [-0.39, 0.29) is 34.6 Å². The van der Waals surface area contributed by atoms with Gasteiger partial charge < -0.3 is 10.6 Å². The number of likely N-dealkylation sites (N-methyl/N-ethyl adjacent to an activating group) is 1. The van der Waals surface area contributed by atoms with E-state index in [2.05, 4.69) is 15.9 Å². The second-order valence-corrected chi connectivity index (χ2v) is 4.48. The van der Waals surface area contributed by atoms with Crippen LogP contribution in [0, 0.1) is 5.82 Å². The third-order valence-corrected chi connectivity index (χ3v) is 3.10. The minimum absolute atomic E-state index is 0. The van der Waals surface area contributed by atoms with Gasteiger partial charge in [0.1, 0.15) is 5.82 Å². The number of rotatable bonds is 3. The molecule has 1 aromatic carbocycles. The van der Waals surface area contributed by atoms with E-state index in [1.54, 1.807) is 11.9 Å². The van der Waals surface area contributed by atoms with Crippen LogP contribution in [0.4, 0.5) is 4.39 Å². The zero-order valence-electron chi connectivity index (χ0n) is 9.61. The van der Waals surface area contributed by atoms with Crippen molar-refractivity contribution < 1.29 is 9.18 Å². The van der Waals surface area contributed by atoms with Crippen LogP contribution in [0.2, 0.25) is 0 Å². The molecule has 0 heterocycles. The molecule has 0 bridgehead atoms. The second-order valence-electron chi connectivity index (χ2n) is 3.63. The first-order valence-electron chi connectivity index (χ1n) is 4.89. The van der Waals surface area contributed by atoms with Crippen LogP contribution in [-0.4, -0.2) is 30.4 Å². The van der Waals surface area contributed by atoms with Crippen molar-refractivity contribution in [1.82, 2.24) is 4.90 Å². The molecule has 0 saturated heterocycles. The first-order chi connectivity index (χ1) is 7.47. The maximum absolute atomic E-state index is 13.0. The van der Waals surface area contributed by atoms with E-state index in [0.717, 1.165) is 0 Å². The molecule has 0 aromatic heterocycles. The van der Waals surface area contributed by atoms with E-state index < -0.39 is 0 Å². The summed E-state index contributed by atoms with van der Waals surface area (Å²) in [5.74, 6) is -0.551. The highest BCUT2D eigenvalue weighted by Gasteiger charge is 2.17. The Morgan fingerprint density at radius 2 is 2.18 bits per heavy atom. The number of halogens is 3. The summed E-state index contributed by atoms with van der Waals surface area (Å²) in [4.78, 5) is 13.5. The number of benzene rings is 1. The SMILES string of the molecule is CC(CN)N(C)C(=O)c1ccc(F)c(Br)c1.Cl. The highest BCUT2D eigenvalue weighted by molar-refractivity contribution is 9.10. The number of amides is 1. The van der Waals surface area contributed by atoms with Crippen molar-refractivity contribution in [3.05, 3.63) is 34.1 Å². The summed E-state index contributed by atoms with van der Waals surface area (Å²) in [6.45, 7) is 2.25. The molecule has 6 heteroatoms. The Morgan fingerprint density at radius 3 is 2.65 bits per heavy atom. The van der Waals surface area contributed by atoms with Crippen LogP contribution in [0.15, 0.2) is 22.7 Å². The molecular formula is C11H15BrClFN2O. The van der Waals surface area contributed by atoms with E-state index in [9.17, 15) is 9.18 Å². The largest absolute Gasteiger partial charge is 0.338 e. The zero-order chi connectivity index (χ0) is 12.3. The number of hydrogen-bond acceptors (Lipinski definition) is 2. The van der Waals surface area contributed by atoms with Gasteiger partial charge >= 0.3 is 0 Å². The molecule has 1 amide bonds. The summed E-state index contributed by atoms with van der Waals surface area (Å²) < 4.78 is 13.3. The van der Waals surface area contributed by atoms with Crippen LogP contribution >= 0.6 is 28.3 Å². The molecule has 1 aromatic rings. The van der Waals surface area contributed by atoms with E-state index in [1.807, 2.05) is 6.92 Å². The first-order valence-corrected chi connectivity index (χ1v) is 5.69. The summed E-state index contributed by atoms with van der Waals surface area (Å²) in [6.07, 6.45) is 0. The number of carbonyl (C=O) groups excluding carboxylic acids is 1. The standard InChI is InChI=1S/C11H14BrFN2O.ClH/c1-7(6-14)15(2)11(16)8-3-4-10(13)9(12)5-8;/h3-5,7H,6,14H2,1-2H3;1H. The van der Waals surface area contributed by atoms with E-state index in [1.165, 1.54) is 18.2 Å². The number of carbonyl (C=O) groups is 1. The van der Waals surface area contributed by atoms with Crippen molar-refractivity contribution in [2.24, 2.45) is 5.73 Å². The highest BCUT2D eigenvalue weighted by atomic mass is 79.9. The molecule has 0 spiro atoms. The topological polar surface area (TPSA) is 46.3 Å². The molecular weight excluding hydrogens is 310 g/mol. The van der Waals surface area contributed by atoms with Crippen molar-refractivity contribution in [2.75, 3.05) is 13.6 Å². The number of nitrogens with two attached hydrogens (primary N) is 1. The van der Waals surface area contributed by atoms with Gasteiger partial charge in [0.15, 0.2) is 0 Å². The van der Waals surface area contributed by atoms with Crippen LogP contribution in [-0.2, 0) is 0 Å². The van der Waals surface area contributed by atoms with Gasteiger partial charge in [-0.25, -0.2) is 4.39 Å². The smallest absolute Gasteiger partial charge is 0.253 e. The molecule has 96 valence electrons. The third kappa shape index (κ3) is 3.94. The summed E-state index contributed by atoms with van der Waals surface area (Å²) >= 11 is 3.05. The fourth-order valence-electron chi connectivity index (χ4n) is 1.19. The minimum atomic E-state index is -0.383. The van der Waals surface area contributed by atoms with E-state index in [4.69, 9.17) is 5.73 Å². The first kappa shape index (κ1) is 16.4. The van der Waals surface area contributed by atoms with Gasteiger partial charge in [0.25, 0.3) is 5.91 Å². The number of hydrogen-bond donors (Lipinski definition) is 1. The Hall–Kier alpha value is -0.650. The Morgan fingerprint density at radius 1 is 1.59 bits per heavy atom. The fraction of sp³-hybridized carbons (Fsp3) is 0.364. The van der Waals surface area contributed by atoms with Gasteiger partial charge in [0.05, 0.1) is 4.47 Å². The molecule has 1 rings (SSSR count). The molecule has 0 radical (unpaired) electrons. The predicted octanol–water partition coefficient (Wildman–Crippen LogP) is 2.43. The minimum Gasteiger partial charge on any atom is -0.338 e. The molecule has 3 nitrogen and oxygen atoms in total. The lowest BCUT2D eigenvalue weighted by Crippen LogP contribution is -2.39. The Balaban J connectivity index is 0.00000256. The lowest BCUT2D eigenvalue weighted by molar-refractivity contribution is 0.0748. The van der Waals surface area contributed by atoms with Crippen LogP contribution in [0.5, 0.6) is 0 Å². The molecule has 17 heavy (non-hydrogen) atoms. The molecule has 0 aliphatic carbocycles. The molecule has 1 unspecified atom stereocenters. The van der Waals surface area contributed by atoms with Crippen molar-refractivity contribution in [3.63, 3.8) is 0 Å². The average molecular weight is 326 g/mol.